The average Bonchev–Trinajstić information content (AvgIpc) is 3.18. The molecule has 0 aliphatic heterocycles. The van der Waals surface area contributed by atoms with Gasteiger partial charge >= 0.3 is 5.97 Å². The standard InChI is InChI=1S/C19H14N2O6/c1-26-19(23)12-5-7-14(8-6-12)20-18(22)17-10-9-16(27-17)13-3-2-4-15(11-13)21(24)25/h2-11H,1H3,(H,20,22). The van der Waals surface area contributed by atoms with Gasteiger partial charge in [0.25, 0.3) is 11.6 Å². The molecule has 1 heterocycles. The summed E-state index contributed by atoms with van der Waals surface area (Å²) in [4.78, 5) is 34.1. The number of benzene rings is 2. The van der Waals surface area contributed by atoms with Crippen LogP contribution in [-0.2, 0) is 4.74 Å². The Hall–Kier alpha value is -3.94. The summed E-state index contributed by atoms with van der Waals surface area (Å²) >= 11 is 0. The number of hydrogen-bond donors (Lipinski definition) is 1. The fraction of sp³-hybridized carbons (Fsp3) is 0.0526. The Morgan fingerprint density at radius 2 is 1.81 bits per heavy atom. The molecule has 0 aliphatic carbocycles. The first-order valence-corrected chi connectivity index (χ1v) is 7.82. The molecular formula is C19H14N2O6. The minimum atomic E-state index is -0.502. The van der Waals surface area contributed by atoms with Gasteiger partial charge in [-0.3, -0.25) is 14.9 Å². The van der Waals surface area contributed by atoms with E-state index in [0.717, 1.165) is 0 Å². The predicted molar refractivity (Wildman–Crippen MR) is 96.5 cm³/mol. The summed E-state index contributed by atoms with van der Waals surface area (Å²) in [5.41, 5.74) is 1.26. The van der Waals surface area contributed by atoms with E-state index >= 15 is 0 Å². The number of non-ortho nitro benzene ring substituents is 1. The second-order valence-corrected chi connectivity index (χ2v) is 5.49. The van der Waals surface area contributed by atoms with Crippen molar-refractivity contribution in [1.82, 2.24) is 0 Å². The second-order valence-electron chi connectivity index (χ2n) is 5.49. The van der Waals surface area contributed by atoms with Crippen LogP contribution in [0.4, 0.5) is 11.4 Å². The number of carbonyl (C=O) groups is 2. The van der Waals surface area contributed by atoms with Crippen LogP contribution in [0.3, 0.4) is 0 Å². The molecule has 3 aromatic rings. The summed E-state index contributed by atoms with van der Waals surface area (Å²) in [7, 11) is 1.29. The van der Waals surface area contributed by atoms with Gasteiger partial charge in [0.1, 0.15) is 5.76 Å². The number of anilines is 1. The van der Waals surface area contributed by atoms with Crippen LogP contribution in [0.15, 0.2) is 65.1 Å². The zero-order chi connectivity index (χ0) is 19.4. The monoisotopic (exact) mass is 366 g/mol. The number of ether oxygens (including phenoxy) is 1. The van der Waals surface area contributed by atoms with Crippen molar-refractivity contribution in [2.45, 2.75) is 0 Å². The smallest absolute Gasteiger partial charge is 0.337 e. The van der Waals surface area contributed by atoms with E-state index in [1.54, 1.807) is 30.3 Å². The minimum absolute atomic E-state index is 0.0496. The highest BCUT2D eigenvalue weighted by Gasteiger charge is 2.15. The van der Waals surface area contributed by atoms with E-state index in [-0.39, 0.29) is 11.4 Å². The van der Waals surface area contributed by atoms with E-state index in [9.17, 15) is 19.7 Å². The summed E-state index contributed by atoms with van der Waals surface area (Å²) in [6, 6.07) is 15.2. The van der Waals surface area contributed by atoms with Crippen molar-refractivity contribution in [3.63, 3.8) is 0 Å². The van der Waals surface area contributed by atoms with Crippen molar-refractivity contribution >= 4 is 23.3 Å². The summed E-state index contributed by atoms with van der Waals surface area (Å²) in [6.07, 6.45) is 0. The molecule has 27 heavy (non-hydrogen) atoms. The van der Waals surface area contributed by atoms with E-state index < -0.39 is 16.8 Å². The molecule has 0 spiro atoms. The number of nitro benzene ring substituents is 1. The van der Waals surface area contributed by atoms with E-state index in [0.29, 0.717) is 22.6 Å². The zero-order valence-electron chi connectivity index (χ0n) is 14.2. The van der Waals surface area contributed by atoms with Gasteiger partial charge in [-0.1, -0.05) is 12.1 Å². The third-order valence-corrected chi connectivity index (χ3v) is 3.74. The fourth-order valence-corrected chi connectivity index (χ4v) is 2.39. The number of nitro groups is 1. The van der Waals surface area contributed by atoms with Gasteiger partial charge in [-0.15, -0.1) is 0 Å². The number of amides is 1. The molecule has 0 bridgehead atoms. The molecule has 0 radical (unpaired) electrons. The van der Waals surface area contributed by atoms with Crippen molar-refractivity contribution in [2.75, 3.05) is 12.4 Å². The lowest BCUT2D eigenvalue weighted by Gasteiger charge is -2.04. The van der Waals surface area contributed by atoms with E-state index in [1.165, 1.54) is 37.4 Å². The molecule has 8 nitrogen and oxygen atoms in total. The molecule has 0 atom stereocenters. The van der Waals surface area contributed by atoms with Crippen molar-refractivity contribution in [2.24, 2.45) is 0 Å². The molecule has 1 N–H and O–H groups in total. The SMILES string of the molecule is COC(=O)c1ccc(NC(=O)c2ccc(-c3cccc([N+](=O)[O-])c3)o2)cc1. The van der Waals surface area contributed by atoms with Crippen LogP contribution in [0.1, 0.15) is 20.9 Å². The number of methoxy groups -OCH3 is 1. The quantitative estimate of drug-likeness (QED) is 0.416. The highest BCUT2D eigenvalue weighted by atomic mass is 16.6. The Labute approximate surface area is 153 Å². The summed E-state index contributed by atoms with van der Waals surface area (Å²) < 4.78 is 10.1. The summed E-state index contributed by atoms with van der Waals surface area (Å²) in [5.74, 6) is -0.573. The topological polar surface area (TPSA) is 112 Å². The Morgan fingerprint density at radius 3 is 2.48 bits per heavy atom. The molecule has 0 unspecified atom stereocenters. The first kappa shape index (κ1) is 17.9. The van der Waals surface area contributed by atoms with Crippen LogP contribution in [0.25, 0.3) is 11.3 Å². The van der Waals surface area contributed by atoms with E-state index in [1.807, 2.05) is 0 Å². The number of furan rings is 1. The maximum absolute atomic E-state index is 12.3. The normalized spacial score (nSPS) is 10.3. The first-order valence-electron chi connectivity index (χ1n) is 7.82. The van der Waals surface area contributed by atoms with Gasteiger partial charge in [0, 0.05) is 23.4 Å². The number of nitrogens with one attached hydrogen (secondary N) is 1. The largest absolute Gasteiger partial charge is 0.465 e. The molecule has 1 amide bonds. The van der Waals surface area contributed by atoms with Crippen LogP contribution < -0.4 is 5.32 Å². The van der Waals surface area contributed by atoms with Crippen LogP contribution in [0.5, 0.6) is 0 Å². The summed E-state index contributed by atoms with van der Waals surface area (Å²) in [6.45, 7) is 0. The molecule has 2 aromatic carbocycles. The lowest BCUT2D eigenvalue weighted by Crippen LogP contribution is -2.11. The molecule has 0 aliphatic rings. The predicted octanol–water partition coefficient (Wildman–Crippen LogP) is 3.89. The Balaban J connectivity index is 1.74. The third-order valence-electron chi connectivity index (χ3n) is 3.74. The van der Waals surface area contributed by atoms with E-state index in [4.69, 9.17) is 4.42 Å². The van der Waals surface area contributed by atoms with Gasteiger partial charge in [0.15, 0.2) is 5.76 Å². The summed E-state index contributed by atoms with van der Waals surface area (Å²) in [5, 5.41) is 13.5. The van der Waals surface area contributed by atoms with Gasteiger partial charge < -0.3 is 14.5 Å². The maximum atomic E-state index is 12.3. The lowest BCUT2D eigenvalue weighted by atomic mass is 10.1. The highest BCUT2D eigenvalue weighted by molar-refractivity contribution is 6.02. The van der Waals surface area contributed by atoms with E-state index in [2.05, 4.69) is 10.1 Å². The van der Waals surface area contributed by atoms with Crippen LogP contribution in [-0.4, -0.2) is 23.9 Å². The number of rotatable bonds is 5. The molecule has 0 saturated carbocycles. The molecule has 1 aromatic heterocycles. The van der Waals surface area contributed by atoms with Crippen molar-refractivity contribution in [3.05, 3.63) is 82.1 Å². The molecule has 8 heteroatoms. The Morgan fingerprint density at radius 1 is 1.07 bits per heavy atom. The molecule has 136 valence electrons. The molecular weight excluding hydrogens is 352 g/mol. The molecule has 0 fully saturated rings. The first-order chi connectivity index (χ1) is 13.0. The van der Waals surface area contributed by atoms with Gasteiger partial charge in [-0.25, -0.2) is 4.79 Å². The number of esters is 1. The number of carbonyl (C=O) groups excluding carboxylic acids is 2. The van der Waals surface area contributed by atoms with Gasteiger partial charge in [0.05, 0.1) is 17.6 Å². The molecule has 0 saturated heterocycles. The van der Waals surface area contributed by atoms with Crippen molar-refractivity contribution < 1.29 is 23.7 Å². The maximum Gasteiger partial charge on any atom is 0.337 e. The minimum Gasteiger partial charge on any atom is -0.465 e. The zero-order valence-corrected chi connectivity index (χ0v) is 14.2. The van der Waals surface area contributed by atoms with Crippen molar-refractivity contribution in [1.29, 1.82) is 0 Å². The van der Waals surface area contributed by atoms with Crippen LogP contribution in [0.2, 0.25) is 0 Å². The Kier molecular flexibility index (Phi) is 4.98. The van der Waals surface area contributed by atoms with Gasteiger partial charge in [0.2, 0.25) is 0 Å². The van der Waals surface area contributed by atoms with Crippen LogP contribution in [0, 0.1) is 10.1 Å². The molecule has 3 rings (SSSR count). The highest BCUT2D eigenvalue weighted by Crippen LogP contribution is 2.26. The van der Waals surface area contributed by atoms with Gasteiger partial charge in [-0.05, 0) is 36.4 Å². The average molecular weight is 366 g/mol. The third kappa shape index (κ3) is 4.01. The number of nitrogens with zero attached hydrogens (tertiary/aromatic N) is 1. The van der Waals surface area contributed by atoms with Gasteiger partial charge in [-0.2, -0.15) is 0 Å². The van der Waals surface area contributed by atoms with Crippen LogP contribution >= 0.6 is 0 Å². The fourth-order valence-electron chi connectivity index (χ4n) is 2.39. The Bertz CT molecular complexity index is 1010. The second kappa shape index (κ2) is 7.52. The van der Waals surface area contributed by atoms with Crippen molar-refractivity contribution in [3.8, 4) is 11.3 Å². The lowest BCUT2D eigenvalue weighted by molar-refractivity contribution is -0.384. The number of hydrogen-bond acceptors (Lipinski definition) is 6.